The van der Waals surface area contributed by atoms with E-state index in [0.29, 0.717) is 12.0 Å². The monoisotopic (exact) mass is 907 g/mol. The third kappa shape index (κ3) is 13.2. The summed E-state index contributed by atoms with van der Waals surface area (Å²) >= 11 is 0. The van der Waals surface area contributed by atoms with Gasteiger partial charge in [0.1, 0.15) is 30.6 Å². The number of hydrogen-bond acceptors (Lipinski definition) is 13. The smallest absolute Gasteiger partial charge is 0.338 e. The lowest BCUT2D eigenvalue weighted by Gasteiger charge is -2.50. The molecule has 0 aliphatic carbocycles. The Morgan fingerprint density at radius 1 is 0.742 bits per heavy atom. The third-order valence-electron chi connectivity index (χ3n) is 12.1. The number of ether oxygens (including phenoxy) is 9. The first kappa shape index (κ1) is 48.7. The van der Waals surface area contributed by atoms with Gasteiger partial charge in [0.2, 0.25) is 0 Å². The van der Waals surface area contributed by atoms with Crippen LogP contribution in [0.15, 0.2) is 126 Å². The highest BCUT2D eigenvalue weighted by Gasteiger charge is 2.55. The molecule has 15 heteroatoms. The first-order valence-corrected chi connectivity index (χ1v) is 23.1. The fourth-order valence-electron chi connectivity index (χ4n) is 8.50. The van der Waals surface area contributed by atoms with E-state index < -0.39 is 85.7 Å². The number of benzene rings is 4. The lowest BCUT2D eigenvalue weighted by Crippen LogP contribution is -2.65. The average Bonchev–Trinajstić information content (AvgIpc) is 3.35. The molecule has 3 aliphatic heterocycles. The highest BCUT2D eigenvalue weighted by molar-refractivity contribution is 5.90. The molecule has 66 heavy (non-hydrogen) atoms. The third-order valence-corrected chi connectivity index (χ3v) is 12.1. The maximum atomic E-state index is 13.9. The molecule has 3 fully saturated rings. The van der Waals surface area contributed by atoms with Gasteiger partial charge in [0.25, 0.3) is 0 Å². The van der Waals surface area contributed by atoms with Crippen LogP contribution >= 0.6 is 0 Å². The predicted molar refractivity (Wildman–Crippen MR) is 241 cm³/mol. The van der Waals surface area contributed by atoms with Crippen LogP contribution in [0.2, 0.25) is 0 Å². The van der Waals surface area contributed by atoms with Gasteiger partial charge in [-0.05, 0) is 41.8 Å². The van der Waals surface area contributed by atoms with Crippen LogP contribution in [0.4, 0.5) is 0 Å². The van der Waals surface area contributed by atoms with Crippen LogP contribution in [0.1, 0.15) is 103 Å². The number of hydrogen-bond donors (Lipinski definition) is 1. The summed E-state index contributed by atoms with van der Waals surface area (Å²) < 4.78 is 57.7. The van der Waals surface area contributed by atoms with Crippen molar-refractivity contribution < 1.29 is 57.3 Å². The maximum Gasteiger partial charge on any atom is 0.338 e. The van der Waals surface area contributed by atoms with E-state index in [1.54, 1.807) is 60.7 Å². The van der Waals surface area contributed by atoms with Crippen molar-refractivity contribution in [1.29, 1.82) is 0 Å². The van der Waals surface area contributed by atoms with E-state index in [4.69, 9.17) is 42.6 Å². The summed E-state index contributed by atoms with van der Waals surface area (Å²) in [5.74, 6) is -2.08. The van der Waals surface area contributed by atoms with Gasteiger partial charge in [0.05, 0.1) is 37.1 Å². The number of aliphatic hydroxyl groups is 1. The van der Waals surface area contributed by atoms with Gasteiger partial charge in [0, 0.05) is 16.4 Å². The van der Waals surface area contributed by atoms with Crippen molar-refractivity contribution in [2.45, 2.75) is 140 Å². The van der Waals surface area contributed by atoms with Crippen molar-refractivity contribution in [3.63, 3.8) is 0 Å². The van der Waals surface area contributed by atoms with Crippen LogP contribution in [-0.4, -0.2) is 91.8 Å². The van der Waals surface area contributed by atoms with Gasteiger partial charge in [-0.1, -0.05) is 161 Å². The largest absolute Gasteiger partial charge is 0.453 e. The van der Waals surface area contributed by atoms with Gasteiger partial charge in [-0.3, -0.25) is 0 Å². The fourth-order valence-corrected chi connectivity index (χ4v) is 8.50. The first-order valence-electron chi connectivity index (χ1n) is 23.1. The molecule has 15 nitrogen and oxygen atoms in total. The van der Waals surface area contributed by atoms with Gasteiger partial charge in [0.15, 0.2) is 31.1 Å². The summed E-state index contributed by atoms with van der Waals surface area (Å²) in [6.45, 7) is 4.22. The van der Waals surface area contributed by atoms with Crippen LogP contribution in [0.3, 0.4) is 0 Å². The van der Waals surface area contributed by atoms with E-state index in [2.05, 4.69) is 16.9 Å². The minimum atomic E-state index is -1.44. The van der Waals surface area contributed by atoms with Crippen molar-refractivity contribution in [2.24, 2.45) is 11.0 Å². The maximum absolute atomic E-state index is 13.9. The van der Waals surface area contributed by atoms with Gasteiger partial charge in [-0.2, -0.15) is 0 Å². The molecule has 3 heterocycles. The highest BCUT2D eigenvalue weighted by atomic mass is 16.8. The van der Waals surface area contributed by atoms with Crippen LogP contribution in [0.25, 0.3) is 10.4 Å². The molecule has 0 saturated carbocycles. The summed E-state index contributed by atoms with van der Waals surface area (Å²) in [5, 5.41) is 16.1. The normalized spacial score (nSPS) is 27.7. The zero-order valence-electron chi connectivity index (χ0n) is 37.5. The number of rotatable bonds is 22. The molecule has 352 valence electrons. The van der Waals surface area contributed by atoms with Crippen LogP contribution < -0.4 is 0 Å². The summed E-state index contributed by atoms with van der Waals surface area (Å²) in [5.41, 5.74) is 11.8. The Morgan fingerprint density at radius 2 is 1.33 bits per heavy atom. The first-order chi connectivity index (χ1) is 32.3. The van der Waals surface area contributed by atoms with Gasteiger partial charge >= 0.3 is 11.9 Å². The Kier molecular flexibility index (Phi) is 18.5. The van der Waals surface area contributed by atoms with E-state index in [0.717, 1.165) is 43.2 Å². The topological polar surface area (TPSA) is 186 Å². The minimum Gasteiger partial charge on any atom is -0.453 e. The Labute approximate surface area is 386 Å². The Hall–Kier alpha value is -5.19. The van der Waals surface area contributed by atoms with E-state index in [1.165, 1.54) is 12.8 Å². The molecular weight excluding hydrogens is 847 g/mol. The molecule has 4 aromatic carbocycles. The molecule has 0 amide bonds. The molecule has 1 N–H and O–H groups in total. The average molecular weight is 908 g/mol. The molecule has 0 radical (unpaired) electrons. The molecule has 0 spiro atoms. The molecule has 12 atom stereocenters. The number of aliphatic hydroxyl groups excluding tert-OH is 1. The number of fused-ring (bicyclic) bond motifs is 1. The Bertz CT molecular complexity index is 2120. The zero-order chi connectivity index (χ0) is 46.1. The van der Waals surface area contributed by atoms with Crippen molar-refractivity contribution in [3.05, 3.63) is 154 Å². The molecular formula is C51H61N3O12. The van der Waals surface area contributed by atoms with Gasteiger partial charge < -0.3 is 47.7 Å². The summed E-state index contributed by atoms with van der Waals surface area (Å²) in [7, 11) is 0. The standard InChI is InChI=1S/C51H61N3O12/c1-3-4-5-6-7-8-21-30-41(53-54-52)62-50-44(63-47(56)36-24-15-10-16-25-36)34(2)43(39(60-50)32-58-31-35-22-13-9-14-23-35)65-51-46(64-48(57)37-26-17-11-18-27-37)42(55)45-40(61-51)33-59-49(66-45)38-28-19-12-20-29-38/h9-20,22-29,34,39-46,49-51,55H,3-8,21,30-33H2,1-2H3. The summed E-state index contributed by atoms with van der Waals surface area (Å²) in [4.78, 5) is 30.7. The highest BCUT2D eigenvalue weighted by Crippen LogP contribution is 2.39. The van der Waals surface area contributed by atoms with E-state index in [9.17, 15) is 20.2 Å². The van der Waals surface area contributed by atoms with Crippen LogP contribution in [-0.2, 0) is 49.2 Å². The van der Waals surface area contributed by atoms with Crippen molar-refractivity contribution in [1.82, 2.24) is 0 Å². The van der Waals surface area contributed by atoms with Crippen LogP contribution in [0, 0.1) is 5.92 Å². The number of esters is 2. The molecule has 4 aromatic rings. The van der Waals surface area contributed by atoms with E-state index in [-0.39, 0.29) is 25.4 Å². The molecule has 0 aromatic heterocycles. The Morgan fingerprint density at radius 3 is 1.97 bits per heavy atom. The molecule has 3 aliphatic rings. The number of carbonyl (C=O) groups excluding carboxylic acids is 2. The second-order valence-corrected chi connectivity index (χ2v) is 16.9. The van der Waals surface area contributed by atoms with Gasteiger partial charge in [-0.15, -0.1) is 0 Å². The number of nitrogens with zero attached hydrogens (tertiary/aromatic N) is 3. The molecule has 7 rings (SSSR count). The number of azide groups is 1. The Balaban J connectivity index is 1.18. The second kappa shape index (κ2) is 25.1. The lowest BCUT2D eigenvalue weighted by molar-refractivity contribution is -0.382. The van der Waals surface area contributed by atoms with Crippen LogP contribution in [0.5, 0.6) is 0 Å². The molecule has 0 bridgehead atoms. The summed E-state index contributed by atoms with van der Waals surface area (Å²) in [6, 6.07) is 35.9. The number of carbonyl (C=O) groups is 2. The zero-order valence-corrected chi connectivity index (χ0v) is 37.5. The van der Waals surface area contributed by atoms with Crippen molar-refractivity contribution >= 4 is 11.9 Å². The van der Waals surface area contributed by atoms with E-state index in [1.807, 2.05) is 67.6 Å². The fraction of sp³-hybridized carbons (Fsp3) is 0.490. The summed E-state index contributed by atoms with van der Waals surface area (Å²) in [6.07, 6.45) is -4.34. The minimum absolute atomic E-state index is 0.0214. The van der Waals surface area contributed by atoms with Gasteiger partial charge in [-0.25, -0.2) is 9.59 Å². The quantitative estimate of drug-likeness (QED) is 0.0259. The molecule has 3 saturated heterocycles. The van der Waals surface area contributed by atoms with E-state index >= 15 is 0 Å². The number of unbranched alkanes of at least 4 members (excludes halogenated alkanes) is 6. The van der Waals surface area contributed by atoms with Crippen molar-refractivity contribution in [2.75, 3.05) is 13.2 Å². The second-order valence-electron chi connectivity index (χ2n) is 16.9. The predicted octanol–water partition coefficient (Wildman–Crippen LogP) is 9.39. The molecule has 12 unspecified atom stereocenters. The van der Waals surface area contributed by atoms with Crippen molar-refractivity contribution in [3.8, 4) is 0 Å². The SMILES string of the molecule is CCCCCCCCCC(N=[N+]=[N-])OC1OC(COCc2ccccc2)C(OC2OC3COC(c4ccccc4)OC3C(O)C2OC(=O)c2ccccc2)C(C)C1OC(=O)c1ccccc1. The lowest BCUT2D eigenvalue weighted by atomic mass is 9.89.